The Morgan fingerprint density at radius 1 is 1.33 bits per heavy atom. The minimum atomic E-state index is 0.729. The molecule has 15 heavy (non-hydrogen) atoms. The number of hydrogen-bond donors (Lipinski definition) is 1. The maximum Gasteiger partial charge on any atom is 0.0470 e. The number of rotatable bonds is 3. The highest BCUT2D eigenvalue weighted by Gasteiger charge is 2.37. The van der Waals surface area contributed by atoms with Gasteiger partial charge in [-0.1, -0.05) is 6.07 Å². The SMILES string of the molecule is c1csc(C(C2CC2)N2CCNCC2)c1. The molecule has 2 aliphatic rings. The van der Waals surface area contributed by atoms with Gasteiger partial charge in [-0.2, -0.15) is 0 Å². The van der Waals surface area contributed by atoms with Gasteiger partial charge >= 0.3 is 0 Å². The first kappa shape index (κ1) is 9.82. The first-order chi connectivity index (χ1) is 7.45. The number of hydrogen-bond acceptors (Lipinski definition) is 3. The molecule has 2 heterocycles. The highest BCUT2D eigenvalue weighted by atomic mass is 32.1. The van der Waals surface area contributed by atoms with Gasteiger partial charge in [0.15, 0.2) is 0 Å². The molecule has 82 valence electrons. The van der Waals surface area contributed by atoms with Crippen LogP contribution in [0.5, 0.6) is 0 Å². The van der Waals surface area contributed by atoms with Gasteiger partial charge in [0.25, 0.3) is 0 Å². The Balaban J connectivity index is 1.77. The molecular formula is C12H18N2S. The summed E-state index contributed by atoms with van der Waals surface area (Å²) in [4.78, 5) is 4.26. The Bertz CT molecular complexity index is 299. The van der Waals surface area contributed by atoms with Crippen molar-refractivity contribution in [3.8, 4) is 0 Å². The average Bonchev–Trinajstić information content (AvgIpc) is 2.96. The Kier molecular flexibility index (Phi) is 2.77. The molecule has 1 saturated heterocycles. The molecule has 1 unspecified atom stereocenters. The van der Waals surface area contributed by atoms with Crippen LogP contribution in [-0.2, 0) is 0 Å². The van der Waals surface area contributed by atoms with E-state index in [0.29, 0.717) is 0 Å². The highest BCUT2D eigenvalue weighted by molar-refractivity contribution is 7.10. The van der Waals surface area contributed by atoms with Crippen LogP contribution in [0.1, 0.15) is 23.8 Å². The molecule has 2 nitrogen and oxygen atoms in total. The maximum atomic E-state index is 3.44. The zero-order valence-corrected chi connectivity index (χ0v) is 9.80. The first-order valence-corrected chi connectivity index (χ1v) is 6.81. The molecule has 1 atom stereocenters. The monoisotopic (exact) mass is 222 g/mol. The average molecular weight is 222 g/mol. The third-order valence-electron chi connectivity index (χ3n) is 3.45. The molecule has 1 saturated carbocycles. The fraction of sp³-hybridized carbons (Fsp3) is 0.667. The van der Waals surface area contributed by atoms with Crippen LogP contribution in [0, 0.1) is 5.92 Å². The van der Waals surface area contributed by atoms with E-state index in [2.05, 4.69) is 27.7 Å². The van der Waals surface area contributed by atoms with Crippen LogP contribution in [0.15, 0.2) is 17.5 Å². The number of thiophene rings is 1. The Morgan fingerprint density at radius 2 is 2.13 bits per heavy atom. The fourth-order valence-electron chi connectivity index (χ4n) is 2.54. The topological polar surface area (TPSA) is 15.3 Å². The van der Waals surface area contributed by atoms with Crippen LogP contribution in [0.4, 0.5) is 0 Å². The second kappa shape index (κ2) is 4.24. The fourth-order valence-corrected chi connectivity index (χ4v) is 3.49. The maximum absolute atomic E-state index is 3.44. The van der Waals surface area contributed by atoms with Crippen molar-refractivity contribution in [1.29, 1.82) is 0 Å². The number of nitrogens with one attached hydrogen (secondary N) is 1. The van der Waals surface area contributed by atoms with Gasteiger partial charge in [0.1, 0.15) is 0 Å². The van der Waals surface area contributed by atoms with Crippen LogP contribution < -0.4 is 5.32 Å². The van der Waals surface area contributed by atoms with Crippen LogP contribution in [0.2, 0.25) is 0 Å². The molecule has 1 aliphatic heterocycles. The van der Waals surface area contributed by atoms with Crippen molar-refractivity contribution in [2.75, 3.05) is 26.2 Å². The Labute approximate surface area is 95.3 Å². The lowest BCUT2D eigenvalue weighted by Crippen LogP contribution is -2.45. The van der Waals surface area contributed by atoms with Crippen molar-refractivity contribution in [3.63, 3.8) is 0 Å². The minimum absolute atomic E-state index is 0.729. The van der Waals surface area contributed by atoms with Crippen molar-refractivity contribution >= 4 is 11.3 Å². The van der Waals surface area contributed by atoms with Gasteiger partial charge in [0.05, 0.1) is 0 Å². The lowest BCUT2D eigenvalue weighted by molar-refractivity contribution is 0.159. The summed E-state index contributed by atoms with van der Waals surface area (Å²) in [6.07, 6.45) is 2.87. The third-order valence-corrected chi connectivity index (χ3v) is 4.39. The number of nitrogens with zero attached hydrogens (tertiary/aromatic N) is 1. The number of piperazine rings is 1. The van der Waals surface area contributed by atoms with E-state index in [1.54, 1.807) is 4.88 Å². The molecule has 1 aromatic rings. The molecule has 3 rings (SSSR count). The first-order valence-electron chi connectivity index (χ1n) is 5.93. The highest BCUT2D eigenvalue weighted by Crippen LogP contribution is 2.45. The van der Waals surface area contributed by atoms with E-state index >= 15 is 0 Å². The molecule has 1 aromatic heterocycles. The normalized spacial score (nSPS) is 25.3. The summed E-state index contributed by atoms with van der Waals surface area (Å²) < 4.78 is 0. The van der Waals surface area contributed by atoms with Gasteiger partial charge in [-0.15, -0.1) is 11.3 Å². The van der Waals surface area contributed by atoms with Crippen LogP contribution in [0.25, 0.3) is 0 Å². The summed E-state index contributed by atoms with van der Waals surface area (Å²) in [5, 5.41) is 5.65. The predicted molar refractivity (Wildman–Crippen MR) is 64.2 cm³/mol. The van der Waals surface area contributed by atoms with Gasteiger partial charge in [-0.25, -0.2) is 0 Å². The van der Waals surface area contributed by atoms with Gasteiger partial charge in [-0.05, 0) is 30.2 Å². The molecule has 0 radical (unpaired) electrons. The molecular weight excluding hydrogens is 204 g/mol. The van der Waals surface area contributed by atoms with Crippen molar-refractivity contribution in [3.05, 3.63) is 22.4 Å². The van der Waals surface area contributed by atoms with Gasteiger partial charge in [0, 0.05) is 37.1 Å². The largest absolute Gasteiger partial charge is 0.314 e. The molecule has 1 N–H and O–H groups in total. The molecule has 0 aromatic carbocycles. The Morgan fingerprint density at radius 3 is 2.73 bits per heavy atom. The Hall–Kier alpha value is -0.380. The third kappa shape index (κ3) is 2.10. The minimum Gasteiger partial charge on any atom is -0.314 e. The quantitative estimate of drug-likeness (QED) is 0.842. The van der Waals surface area contributed by atoms with Crippen LogP contribution in [-0.4, -0.2) is 31.1 Å². The summed E-state index contributed by atoms with van der Waals surface area (Å²) in [5.41, 5.74) is 0. The lowest BCUT2D eigenvalue weighted by Gasteiger charge is -2.34. The smallest absolute Gasteiger partial charge is 0.0470 e. The van der Waals surface area contributed by atoms with Crippen molar-refractivity contribution in [1.82, 2.24) is 10.2 Å². The van der Waals surface area contributed by atoms with Gasteiger partial charge in [0.2, 0.25) is 0 Å². The van der Waals surface area contributed by atoms with E-state index in [-0.39, 0.29) is 0 Å². The summed E-state index contributed by atoms with van der Waals surface area (Å²) in [5.74, 6) is 0.946. The van der Waals surface area contributed by atoms with Crippen molar-refractivity contribution in [2.45, 2.75) is 18.9 Å². The van der Waals surface area contributed by atoms with Gasteiger partial charge < -0.3 is 5.32 Å². The summed E-state index contributed by atoms with van der Waals surface area (Å²) >= 11 is 1.93. The summed E-state index contributed by atoms with van der Waals surface area (Å²) in [6.45, 7) is 4.77. The standard InChI is InChI=1S/C12H18N2S/c1-2-11(15-9-1)12(10-3-4-10)14-7-5-13-6-8-14/h1-2,9-10,12-13H,3-8H2. The summed E-state index contributed by atoms with van der Waals surface area (Å²) in [7, 11) is 0. The van der Waals surface area contributed by atoms with E-state index in [1.807, 2.05) is 11.3 Å². The molecule has 0 bridgehead atoms. The van der Waals surface area contributed by atoms with Gasteiger partial charge in [-0.3, -0.25) is 4.90 Å². The zero-order chi connectivity index (χ0) is 10.1. The van der Waals surface area contributed by atoms with E-state index in [1.165, 1.54) is 25.9 Å². The molecule has 3 heteroatoms. The second-order valence-corrected chi connectivity index (χ2v) is 5.56. The molecule has 0 spiro atoms. The van der Waals surface area contributed by atoms with E-state index in [0.717, 1.165) is 25.0 Å². The molecule has 0 amide bonds. The predicted octanol–water partition coefficient (Wildman–Crippen LogP) is 2.10. The summed E-state index contributed by atoms with van der Waals surface area (Å²) in [6, 6.07) is 5.24. The van der Waals surface area contributed by atoms with E-state index in [4.69, 9.17) is 0 Å². The van der Waals surface area contributed by atoms with E-state index < -0.39 is 0 Å². The van der Waals surface area contributed by atoms with E-state index in [9.17, 15) is 0 Å². The van der Waals surface area contributed by atoms with Crippen molar-refractivity contribution in [2.24, 2.45) is 5.92 Å². The lowest BCUT2D eigenvalue weighted by atomic mass is 10.1. The second-order valence-electron chi connectivity index (χ2n) is 4.58. The van der Waals surface area contributed by atoms with Crippen molar-refractivity contribution < 1.29 is 0 Å². The molecule has 2 fully saturated rings. The van der Waals surface area contributed by atoms with Crippen LogP contribution >= 0.6 is 11.3 Å². The van der Waals surface area contributed by atoms with Crippen LogP contribution in [0.3, 0.4) is 0 Å². The zero-order valence-electron chi connectivity index (χ0n) is 8.98. The molecule has 1 aliphatic carbocycles.